The standard InChI is InChI=1S/C6H12N4/c1-10-2-4-5(3-10)6(4)8-9-7/h4-6H,2-3H2,1H3,(H2,7,8). The molecule has 1 saturated carbocycles. The maximum atomic E-state index is 6.60. The highest BCUT2D eigenvalue weighted by molar-refractivity contribution is 5.08. The topological polar surface area (TPSA) is 51.5 Å². The van der Waals surface area contributed by atoms with Crippen LogP contribution in [0.1, 0.15) is 0 Å². The minimum absolute atomic E-state index is 0.522. The van der Waals surface area contributed by atoms with Crippen molar-refractivity contribution in [2.45, 2.75) is 6.04 Å². The van der Waals surface area contributed by atoms with E-state index in [-0.39, 0.29) is 0 Å². The number of fused-ring (bicyclic) bond motifs is 1. The van der Waals surface area contributed by atoms with E-state index < -0.39 is 0 Å². The quantitative estimate of drug-likeness (QED) is 0.421. The number of likely N-dealkylation sites (tertiary alicyclic amines) is 1. The highest BCUT2D eigenvalue weighted by Gasteiger charge is 2.55. The predicted molar refractivity (Wildman–Crippen MR) is 36.5 cm³/mol. The summed E-state index contributed by atoms with van der Waals surface area (Å²) >= 11 is 0. The molecule has 0 spiro atoms. The van der Waals surface area contributed by atoms with E-state index in [0.29, 0.717) is 6.04 Å². The van der Waals surface area contributed by atoms with Crippen LogP contribution in [-0.2, 0) is 0 Å². The summed E-state index contributed by atoms with van der Waals surface area (Å²) in [7, 11) is 2.14. The molecule has 4 nitrogen and oxygen atoms in total. The molecular weight excluding hydrogens is 128 g/mol. The second-order valence-electron chi connectivity index (χ2n) is 3.32. The van der Waals surface area contributed by atoms with Gasteiger partial charge in [0.05, 0.1) is 6.04 Å². The van der Waals surface area contributed by atoms with E-state index >= 15 is 0 Å². The Hall–Kier alpha value is -0.640. The van der Waals surface area contributed by atoms with E-state index in [1.165, 1.54) is 13.1 Å². The van der Waals surface area contributed by atoms with Gasteiger partial charge < -0.3 is 4.90 Å². The summed E-state index contributed by atoms with van der Waals surface area (Å²) in [6, 6.07) is 0.522. The molecule has 2 atom stereocenters. The monoisotopic (exact) mass is 140 g/mol. The van der Waals surface area contributed by atoms with Crippen molar-refractivity contribution in [3.05, 3.63) is 0 Å². The summed E-state index contributed by atoms with van der Waals surface area (Å²) in [5.41, 5.74) is 9.41. The van der Waals surface area contributed by atoms with Gasteiger partial charge in [-0.1, -0.05) is 5.22 Å². The van der Waals surface area contributed by atoms with E-state index in [1.54, 1.807) is 0 Å². The zero-order valence-corrected chi connectivity index (χ0v) is 6.04. The number of rotatable bonds is 2. The molecule has 1 saturated heterocycles. The van der Waals surface area contributed by atoms with Crippen LogP contribution in [0.2, 0.25) is 0 Å². The fourth-order valence-corrected chi connectivity index (χ4v) is 2.00. The summed E-state index contributed by atoms with van der Waals surface area (Å²) < 4.78 is 0. The summed E-state index contributed by atoms with van der Waals surface area (Å²) in [5, 5.41) is 3.19. The molecule has 0 aromatic heterocycles. The van der Waals surface area contributed by atoms with Crippen LogP contribution in [0.3, 0.4) is 0 Å². The largest absolute Gasteiger partial charge is 0.306 e. The number of piperidine rings is 1. The second-order valence-corrected chi connectivity index (χ2v) is 3.32. The first kappa shape index (κ1) is 6.09. The lowest BCUT2D eigenvalue weighted by Gasteiger charge is -2.11. The molecule has 2 unspecified atom stereocenters. The number of nitrogens with one attached hydrogen (secondary N) is 2. The molecular formula is C6H12N4. The number of hydrogen-bond acceptors (Lipinski definition) is 3. The first-order valence-corrected chi connectivity index (χ1v) is 3.63. The van der Waals surface area contributed by atoms with Crippen LogP contribution in [0.4, 0.5) is 0 Å². The number of hydrogen-bond donors (Lipinski definition) is 2. The Kier molecular flexibility index (Phi) is 1.17. The first-order chi connectivity index (χ1) is 4.83. The van der Waals surface area contributed by atoms with Gasteiger partial charge in [0.2, 0.25) is 0 Å². The molecule has 0 amide bonds. The molecule has 1 heterocycles. The van der Waals surface area contributed by atoms with Crippen molar-refractivity contribution in [1.29, 1.82) is 5.53 Å². The summed E-state index contributed by atoms with van der Waals surface area (Å²) in [5.74, 6) is 1.55. The van der Waals surface area contributed by atoms with E-state index in [1.807, 2.05) is 0 Å². The zero-order chi connectivity index (χ0) is 7.14. The van der Waals surface area contributed by atoms with Gasteiger partial charge >= 0.3 is 0 Å². The van der Waals surface area contributed by atoms with E-state index in [0.717, 1.165) is 11.8 Å². The molecule has 56 valence electrons. The van der Waals surface area contributed by atoms with Gasteiger partial charge in [0.1, 0.15) is 0 Å². The van der Waals surface area contributed by atoms with Crippen molar-refractivity contribution in [2.75, 3.05) is 20.1 Å². The minimum Gasteiger partial charge on any atom is -0.306 e. The van der Waals surface area contributed by atoms with Crippen LogP contribution in [0.15, 0.2) is 5.22 Å². The number of nitrogens with zero attached hydrogens (tertiary/aromatic N) is 2. The van der Waals surface area contributed by atoms with Crippen LogP contribution in [0.5, 0.6) is 0 Å². The Morgan fingerprint density at radius 2 is 2.10 bits per heavy atom. The molecule has 1 aliphatic carbocycles. The van der Waals surface area contributed by atoms with E-state index in [2.05, 4.69) is 22.6 Å². The third-order valence-corrected chi connectivity index (χ3v) is 2.59. The molecule has 0 bridgehead atoms. The Morgan fingerprint density at radius 3 is 2.60 bits per heavy atom. The van der Waals surface area contributed by atoms with Crippen molar-refractivity contribution < 1.29 is 0 Å². The smallest absolute Gasteiger partial charge is 0.0545 e. The Balaban J connectivity index is 1.86. The molecule has 1 aliphatic heterocycles. The van der Waals surface area contributed by atoms with Crippen molar-refractivity contribution >= 4 is 0 Å². The van der Waals surface area contributed by atoms with Crippen molar-refractivity contribution in [3.8, 4) is 0 Å². The minimum atomic E-state index is 0.522. The SMILES string of the molecule is CN1CC2C(C1)C2NN=N. The average molecular weight is 140 g/mol. The molecule has 10 heavy (non-hydrogen) atoms. The van der Waals surface area contributed by atoms with Gasteiger partial charge in [0.25, 0.3) is 0 Å². The lowest BCUT2D eigenvalue weighted by Crippen LogP contribution is -2.25. The highest BCUT2D eigenvalue weighted by atomic mass is 15.4. The van der Waals surface area contributed by atoms with Crippen LogP contribution in [0.25, 0.3) is 0 Å². The fourth-order valence-electron chi connectivity index (χ4n) is 2.00. The maximum absolute atomic E-state index is 6.60. The molecule has 2 rings (SSSR count). The zero-order valence-electron chi connectivity index (χ0n) is 6.04. The Morgan fingerprint density at radius 1 is 1.50 bits per heavy atom. The summed E-state index contributed by atoms with van der Waals surface area (Å²) in [6.07, 6.45) is 0. The van der Waals surface area contributed by atoms with Crippen LogP contribution >= 0.6 is 0 Å². The normalized spacial score (nSPS) is 44.7. The molecule has 4 heteroatoms. The van der Waals surface area contributed by atoms with Crippen LogP contribution in [0, 0.1) is 17.4 Å². The second kappa shape index (κ2) is 1.92. The van der Waals surface area contributed by atoms with Gasteiger partial charge in [-0.05, 0) is 18.9 Å². The van der Waals surface area contributed by atoms with Crippen LogP contribution in [-0.4, -0.2) is 31.1 Å². The lowest BCUT2D eigenvalue weighted by molar-refractivity contribution is 0.348. The predicted octanol–water partition coefficient (Wildman–Crippen LogP) is 0.0820. The third-order valence-electron chi connectivity index (χ3n) is 2.59. The molecule has 0 aromatic carbocycles. The van der Waals surface area contributed by atoms with Gasteiger partial charge in [0, 0.05) is 13.1 Å². The Bertz CT molecular complexity index is 146. The maximum Gasteiger partial charge on any atom is 0.0545 e. The third kappa shape index (κ3) is 0.718. The molecule has 2 aliphatic rings. The Labute approximate surface area is 60.1 Å². The molecule has 0 aromatic rings. The highest BCUT2D eigenvalue weighted by Crippen LogP contribution is 2.44. The van der Waals surface area contributed by atoms with Crippen molar-refractivity contribution in [1.82, 2.24) is 10.3 Å². The molecule has 2 N–H and O–H groups in total. The molecule has 2 fully saturated rings. The van der Waals surface area contributed by atoms with E-state index in [9.17, 15) is 0 Å². The molecule has 0 radical (unpaired) electrons. The summed E-state index contributed by atoms with van der Waals surface area (Å²) in [6.45, 7) is 2.36. The van der Waals surface area contributed by atoms with Gasteiger partial charge in [-0.2, -0.15) is 5.53 Å². The lowest BCUT2D eigenvalue weighted by atomic mass is 10.4. The fraction of sp³-hybridized carbons (Fsp3) is 1.00. The van der Waals surface area contributed by atoms with Gasteiger partial charge in [-0.3, -0.25) is 5.43 Å². The summed E-state index contributed by atoms with van der Waals surface area (Å²) in [4.78, 5) is 2.33. The van der Waals surface area contributed by atoms with Crippen molar-refractivity contribution in [3.63, 3.8) is 0 Å². The average Bonchev–Trinajstić information content (AvgIpc) is 2.43. The van der Waals surface area contributed by atoms with Crippen molar-refractivity contribution in [2.24, 2.45) is 17.1 Å². The van der Waals surface area contributed by atoms with E-state index in [4.69, 9.17) is 5.53 Å². The van der Waals surface area contributed by atoms with Crippen LogP contribution < -0.4 is 5.43 Å². The van der Waals surface area contributed by atoms with Gasteiger partial charge in [-0.25, -0.2) is 0 Å². The van der Waals surface area contributed by atoms with Gasteiger partial charge in [-0.15, -0.1) is 0 Å². The van der Waals surface area contributed by atoms with Gasteiger partial charge in [0.15, 0.2) is 0 Å². The first-order valence-electron chi connectivity index (χ1n) is 3.63.